The second-order valence-corrected chi connectivity index (χ2v) is 5.29. The number of ether oxygens (including phenoxy) is 2. The fourth-order valence-corrected chi connectivity index (χ4v) is 2.63. The van der Waals surface area contributed by atoms with Crippen molar-refractivity contribution < 1.29 is 14.3 Å². The molecule has 0 aromatic carbocycles. The number of rotatable bonds is 3. The number of fused-ring (bicyclic) bond motifs is 1. The lowest BCUT2D eigenvalue weighted by molar-refractivity contribution is -0.153. The molecule has 1 saturated heterocycles. The summed E-state index contributed by atoms with van der Waals surface area (Å²) < 4.78 is 12.8. The van der Waals surface area contributed by atoms with Crippen molar-refractivity contribution in [3.63, 3.8) is 0 Å². The molecule has 1 aliphatic rings. The monoisotopic (exact) mass is 310 g/mol. The summed E-state index contributed by atoms with van der Waals surface area (Å²) in [6.07, 6.45) is 5.47. The molecule has 3 rings (SSSR count). The summed E-state index contributed by atoms with van der Waals surface area (Å²) in [5, 5.41) is 0.325. The Bertz CT molecular complexity index is 660. The van der Waals surface area contributed by atoms with Crippen LogP contribution in [0.25, 0.3) is 11.2 Å². The van der Waals surface area contributed by atoms with Crippen molar-refractivity contribution >= 4 is 28.7 Å². The molecule has 8 heteroatoms. The number of nitrogens with zero attached hydrogens (tertiary/aromatic N) is 4. The van der Waals surface area contributed by atoms with Crippen molar-refractivity contribution in [1.82, 2.24) is 19.5 Å². The summed E-state index contributed by atoms with van der Waals surface area (Å²) >= 11 is 6.00. The zero-order chi connectivity index (χ0) is 14.8. The molecular formula is C13H15ClN4O3. The molecule has 2 atom stereocenters. The molecule has 0 bridgehead atoms. The molecule has 0 aliphatic carbocycles. The first kappa shape index (κ1) is 14.2. The zero-order valence-corrected chi connectivity index (χ0v) is 12.3. The highest BCUT2D eigenvalue weighted by molar-refractivity contribution is 6.33. The van der Waals surface area contributed by atoms with Crippen molar-refractivity contribution in [2.24, 2.45) is 0 Å². The van der Waals surface area contributed by atoms with Crippen LogP contribution in [0.15, 0.2) is 12.7 Å². The molecule has 2 aromatic rings. The second kappa shape index (κ2) is 5.95. The summed E-state index contributed by atoms with van der Waals surface area (Å²) in [5.74, 6) is -0.298. The van der Waals surface area contributed by atoms with Crippen molar-refractivity contribution in [2.45, 2.75) is 38.5 Å². The van der Waals surface area contributed by atoms with Crippen LogP contribution in [0.1, 0.15) is 32.4 Å². The Labute approximate surface area is 126 Å². The Morgan fingerprint density at radius 3 is 3.14 bits per heavy atom. The van der Waals surface area contributed by atoms with E-state index in [0.29, 0.717) is 16.3 Å². The predicted molar refractivity (Wildman–Crippen MR) is 74.7 cm³/mol. The van der Waals surface area contributed by atoms with E-state index in [1.165, 1.54) is 13.3 Å². The van der Waals surface area contributed by atoms with Gasteiger partial charge in [-0.05, 0) is 19.3 Å². The third-order valence-corrected chi connectivity index (χ3v) is 3.70. The van der Waals surface area contributed by atoms with Gasteiger partial charge >= 0.3 is 5.97 Å². The molecular weight excluding hydrogens is 296 g/mol. The molecule has 1 aliphatic heterocycles. The van der Waals surface area contributed by atoms with Gasteiger partial charge in [0.15, 0.2) is 10.8 Å². The fourth-order valence-electron chi connectivity index (χ4n) is 2.45. The van der Waals surface area contributed by atoms with E-state index in [1.807, 2.05) is 4.57 Å². The number of carbonyl (C=O) groups excluding carboxylic acids is 1. The van der Waals surface area contributed by atoms with Gasteiger partial charge in [-0.2, -0.15) is 0 Å². The number of imidazole rings is 1. The standard InChI is InChI=1S/C13H15ClN4O3/c1-8(19)20-5-9-3-2-4-10(21-9)18-7-17-11-12(14)15-6-16-13(11)18/h6-7,9-10H,2-5H2,1H3/t9-,10-/m1/s1. The summed E-state index contributed by atoms with van der Waals surface area (Å²) in [6.45, 7) is 1.66. The van der Waals surface area contributed by atoms with Crippen LogP contribution >= 0.6 is 11.6 Å². The quantitative estimate of drug-likeness (QED) is 0.638. The number of aromatic nitrogens is 4. The topological polar surface area (TPSA) is 79.1 Å². The molecule has 7 nitrogen and oxygen atoms in total. The number of esters is 1. The first-order valence-corrected chi connectivity index (χ1v) is 7.15. The van der Waals surface area contributed by atoms with Gasteiger partial charge in [-0.15, -0.1) is 0 Å². The van der Waals surface area contributed by atoms with E-state index in [0.717, 1.165) is 19.3 Å². The highest BCUT2D eigenvalue weighted by Gasteiger charge is 2.26. The van der Waals surface area contributed by atoms with Gasteiger partial charge in [-0.1, -0.05) is 11.6 Å². The Morgan fingerprint density at radius 1 is 1.48 bits per heavy atom. The number of hydrogen-bond acceptors (Lipinski definition) is 6. The molecule has 2 aromatic heterocycles. The Balaban J connectivity index is 1.79. The molecule has 0 saturated carbocycles. The average molecular weight is 311 g/mol. The average Bonchev–Trinajstić information content (AvgIpc) is 2.91. The van der Waals surface area contributed by atoms with Crippen LogP contribution in [0.2, 0.25) is 5.15 Å². The largest absolute Gasteiger partial charge is 0.463 e. The smallest absolute Gasteiger partial charge is 0.302 e. The molecule has 0 radical (unpaired) electrons. The minimum atomic E-state index is -0.298. The maximum atomic E-state index is 10.9. The van der Waals surface area contributed by atoms with E-state index in [4.69, 9.17) is 21.1 Å². The Hall–Kier alpha value is -1.73. The normalized spacial score (nSPS) is 22.4. The molecule has 0 N–H and O–H groups in total. The first-order valence-electron chi connectivity index (χ1n) is 6.77. The Kier molecular flexibility index (Phi) is 4.03. The van der Waals surface area contributed by atoms with E-state index >= 15 is 0 Å². The van der Waals surface area contributed by atoms with Gasteiger partial charge in [0, 0.05) is 6.92 Å². The lowest BCUT2D eigenvalue weighted by Crippen LogP contribution is -2.30. The number of carbonyl (C=O) groups is 1. The van der Waals surface area contributed by atoms with E-state index < -0.39 is 0 Å². The fraction of sp³-hybridized carbons (Fsp3) is 0.538. The molecule has 0 amide bonds. The molecule has 1 fully saturated rings. The first-order chi connectivity index (χ1) is 10.1. The lowest BCUT2D eigenvalue weighted by atomic mass is 10.1. The van der Waals surface area contributed by atoms with E-state index in [1.54, 1.807) is 6.33 Å². The van der Waals surface area contributed by atoms with Crippen LogP contribution in [0.3, 0.4) is 0 Å². The zero-order valence-electron chi connectivity index (χ0n) is 11.5. The van der Waals surface area contributed by atoms with E-state index in [2.05, 4.69) is 15.0 Å². The minimum Gasteiger partial charge on any atom is -0.463 e. The summed E-state index contributed by atoms with van der Waals surface area (Å²) in [5.41, 5.74) is 1.21. The maximum Gasteiger partial charge on any atom is 0.302 e. The van der Waals surface area contributed by atoms with Crippen LogP contribution in [-0.2, 0) is 14.3 Å². The van der Waals surface area contributed by atoms with Gasteiger partial charge in [0.25, 0.3) is 0 Å². The summed E-state index contributed by atoms with van der Waals surface area (Å²) in [6, 6.07) is 0. The van der Waals surface area contributed by atoms with Crippen LogP contribution in [0.4, 0.5) is 0 Å². The predicted octanol–water partition coefficient (Wildman–Crippen LogP) is 2.11. The van der Waals surface area contributed by atoms with E-state index in [-0.39, 0.29) is 24.9 Å². The van der Waals surface area contributed by atoms with Crippen LogP contribution < -0.4 is 0 Å². The molecule has 21 heavy (non-hydrogen) atoms. The SMILES string of the molecule is CC(=O)OC[C@H]1CCC[C@H](n2cnc3c(Cl)ncnc32)O1. The van der Waals surface area contributed by atoms with Crippen LogP contribution in [-0.4, -0.2) is 38.2 Å². The van der Waals surface area contributed by atoms with Crippen molar-refractivity contribution in [2.75, 3.05) is 6.61 Å². The maximum absolute atomic E-state index is 10.9. The molecule has 3 heterocycles. The molecule has 112 valence electrons. The van der Waals surface area contributed by atoms with Gasteiger partial charge in [0.1, 0.15) is 24.7 Å². The summed E-state index contributed by atoms with van der Waals surface area (Å²) in [7, 11) is 0. The molecule has 0 unspecified atom stereocenters. The second-order valence-electron chi connectivity index (χ2n) is 4.93. The van der Waals surface area contributed by atoms with Gasteiger partial charge in [-0.25, -0.2) is 15.0 Å². The van der Waals surface area contributed by atoms with Crippen molar-refractivity contribution in [3.8, 4) is 0 Å². The minimum absolute atomic E-state index is 0.109. The number of halogens is 1. The van der Waals surface area contributed by atoms with E-state index in [9.17, 15) is 4.79 Å². The van der Waals surface area contributed by atoms with Crippen LogP contribution in [0, 0.1) is 0 Å². The molecule has 0 spiro atoms. The third-order valence-electron chi connectivity index (χ3n) is 3.42. The van der Waals surface area contributed by atoms with Gasteiger partial charge in [0.2, 0.25) is 0 Å². The van der Waals surface area contributed by atoms with Crippen molar-refractivity contribution in [3.05, 3.63) is 17.8 Å². The van der Waals surface area contributed by atoms with Gasteiger partial charge in [-0.3, -0.25) is 9.36 Å². The third kappa shape index (κ3) is 2.98. The van der Waals surface area contributed by atoms with Gasteiger partial charge in [0.05, 0.1) is 12.4 Å². The summed E-state index contributed by atoms with van der Waals surface area (Å²) in [4.78, 5) is 23.2. The Morgan fingerprint density at radius 2 is 2.33 bits per heavy atom. The highest BCUT2D eigenvalue weighted by atomic mass is 35.5. The highest BCUT2D eigenvalue weighted by Crippen LogP contribution is 2.30. The van der Waals surface area contributed by atoms with Gasteiger partial charge < -0.3 is 9.47 Å². The lowest BCUT2D eigenvalue weighted by Gasteiger charge is -2.30. The van der Waals surface area contributed by atoms with Crippen LogP contribution in [0.5, 0.6) is 0 Å². The number of hydrogen-bond donors (Lipinski definition) is 0. The van der Waals surface area contributed by atoms with Crippen molar-refractivity contribution in [1.29, 1.82) is 0 Å².